The van der Waals surface area contributed by atoms with Crippen LogP contribution in [0.3, 0.4) is 0 Å². The first-order chi connectivity index (χ1) is 14.7. The van der Waals surface area contributed by atoms with Gasteiger partial charge in [0.05, 0.1) is 23.1 Å². The third-order valence-corrected chi connectivity index (χ3v) is 4.70. The maximum Gasteiger partial charge on any atom is 0.323 e. The highest BCUT2D eigenvalue weighted by molar-refractivity contribution is 6.46. The molecule has 1 amide bonds. The number of nitro benzene ring substituents is 1. The van der Waals surface area contributed by atoms with Crippen LogP contribution in [0.15, 0.2) is 54.1 Å². The van der Waals surface area contributed by atoms with E-state index in [4.69, 9.17) is 4.74 Å². The summed E-state index contributed by atoms with van der Waals surface area (Å²) >= 11 is 0. The highest BCUT2D eigenvalue weighted by Crippen LogP contribution is 2.39. The third kappa shape index (κ3) is 4.22. The molecule has 3 rings (SSSR count). The first kappa shape index (κ1) is 21.5. The summed E-state index contributed by atoms with van der Waals surface area (Å²) in [5.41, 5.74) is -0.0445. The summed E-state index contributed by atoms with van der Waals surface area (Å²) in [4.78, 5) is 47.6. The predicted octanol–water partition coefficient (Wildman–Crippen LogP) is 2.50. The van der Waals surface area contributed by atoms with Crippen molar-refractivity contribution in [2.24, 2.45) is 0 Å². The molecule has 1 aliphatic heterocycles. The van der Waals surface area contributed by atoms with Gasteiger partial charge in [0, 0.05) is 17.7 Å². The molecule has 1 saturated heterocycles. The molecule has 2 aromatic carbocycles. The Morgan fingerprint density at radius 3 is 2.23 bits per heavy atom. The van der Waals surface area contributed by atoms with E-state index in [9.17, 15) is 34.7 Å². The fourth-order valence-electron chi connectivity index (χ4n) is 3.34. The van der Waals surface area contributed by atoms with Crippen LogP contribution in [0.5, 0.6) is 5.75 Å². The van der Waals surface area contributed by atoms with Crippen LogP contribution in [0, 0.1) is 10.1 Å². The molecule has 0 aromatic heterocycles. The molecule has 160 valence electrons. The number of ketones is 1. The molecule has 0 bridgehead atoms. The number of aliphatic carboxylic acids is 1. The number of aliphatic hydroxyl groups is 1. The zero-order valence-corrected chi connectivity index (χ0v) is 16.3. The number of likely N-dealkylation sites (tertiary alicyclic amines) is 1. The number of ether oxygens (including phenoxy) is 1. The summed E-state index contributed by atoms with van der Waals surface area (Å²) in [5.74, 6) is -3.43. The summed E-state index contributed by atoms with van der Waals surface area (Å²) < 4.78 is 5.34. The lowest BCUT2D eigenvalue weighted by Gasteiger charge is -2.23. The molecule has 0 radical (unpaired) electrons. The number of non-ortho nitro benzene ring substituents is 1. The van der Waals surface area contributed by atoms with Crippen molar-refractivity contribution in [1.82, 2.24) is 4.90 Å². The Morgan fingerprint density at radius 1 is 1.10 bits per heavy atom. The van der Waals surface area contributed by atoms with Gasteiger partial charge in [0.1, 0.15) is 18.1 Å². The molecule has 1 unspecified atom stereocenters. The molecule has 1 fully saturated rings. The SMILES string of the molecule is CCOc1ccc(/C(O)=C2\C(=O)C(=O)N(CC(=O)O)C2c2ccc([N+](=O)[O-])cc2)cc1. The molecule has 0 saturated carbocycles. The number of carbonyl (C=O) groups is 3. The van der Waals surface area contributed by atoms with Gasteiger partial charge in [-0.15, -0.1) is 0 Å². The number of carbonyl (C=O) groups excluding carboxylic acids is 2. The molecule has 2 aromatic rings. The van der Waals surface area contributed by atoms with Gasteiger partial charge in [-0.3, -0.25) is 24.5 Å². The third-order valence-electron chi connectivity index (χ3n) is 4.70. The van der Waals surface area contributed by atoms with Crippen molar-refractivity contribution in [3.05, 3.63) is 75.3 Å². The molecular weight excluding hydrogens is 408 g/mol. The number of carboxylic acids is 1. The molecule has 0 spiro atoms. The monoisotopic (exact) mass is 426 g/mol. The Kier molecular flexibility index (Phi) is 6.00. The molecule has 1 heterocycles. The largest absolute Gasteiger partial charge is 0.507 e. The Labute approximate surface area is 176 Å². The van der Waals surface area contributed by atoms with Crippen molar-refractivity contribution in [1.29, 1.82) is 0 Å². The van der Waals surface area contributed by atoms with E-state index < -0.39 is 40.9 Å². The predicted molar refractivity (Wildman–Crippen MR) is 107 cm³/mol. The number of rotatable bonds is 7. The Balaban J connectivity index is 2.13. The Bertz CT molecular complexity index is 1070. The van der Waals surface area contributed by atoms with Gasteiger partial charge in [-0.05, 0) is 48.9 Å². The van der Waals surface area contributed by atoms with Crippen LogP contribution in [0.1, 0.15) is 24.1 Å². The number of nitrogens with zero attached hydrogens (tertiary/aromatic N) is 2. The zero-order valence-electron chi connectivity index (χ0n) is 16.3. The molecule has 0 aliphatic carbocycles. The van der Waals surface area contributed by atoms with Gasteiger partial charge in [0.25, 0.3) is 17.4 Å². The average Bonchev–Trinajstić information content (AvgIpc) is 2.98. The number of aliphatic hydroxyl groups excluding tert-OH is 1. The second kappa shape index (κ2) is 8.66. The van der Waals surface area contributed by atoms with Crippen LogP contribution in [0.2, 0.25) is 0 Å². The normalized spacial score (nSPS) is 17.6. The first-order valence-electron chi connectivity index (χ1n) is 9.22. The highest BCUT2D eigenvalue weighted by Gasteiger charge is 2.46. The van der Waals surface area contributed by atoms with Gasteiger partial charge in [-0.2, -0.15) is 0 Å². The van der Waals surface area contributed by atoms with Crippen LogP contribution in [0.25, 0.3) is 5.76 Å². The first-order valence-corrected chi connectivity index (χ1v) is 9.22. The quantitative estimate of drug-likeness (QED) is 0.226. The molecule has 1 aliphatic rings. The lowest BCUT2D eigenvalue weighted by molar-refractivity contribution is -0.384. The maximum atomic E-state index is 12.7. The fraction of sp³-hybridized carbons (Fsp3) is 0.190. The van der Waals surface area contributed by atoms with E-state index in [2.05, 4.69) is 0 Å². The summed E-state index contributed by atoms with van der Waals surface area (Å²) in [6, 6.07) is 9.91. The van der Waals surface area contributed by atoms with Crippen molar-refractivity contribution in [3.63, 3.8) is 0 Å². The highest BCUT2D eigenvalue weighted by atomic mass is 16.6. The minimum atomic E-state index is -1.35. The molecule has 2 N–H and O–H groups in total. The summed E-state index contributed by atoms with van der Waals surface area (Å²) in [6.45, 7) is 1.46. The van der Waals surface area contributed by atoms with Gasteiger partial charge in [-0.1, -0.05) is 0 Å². The number of amides is 1. The Morgan fingerprint density at radius 2 is 1.71 bits per heavy atom. The number of benzene rings is 2. The number of nitro groups is 1. The minimum Gasteiger partial charge on any atom is -0.507 e. The van der Waals surface area contributed by atoms with E-state index in [1.807, 2.05) is 6.92 Å². The second-order valence-electron chi connectivity index (χ2n) is 6.63. The van der Waals surface area contributed by atoms with Crippen LogP contribution in [-0.2, 0) is 14.4 Å². The standard InChI is InChI=1S/C21H18N2O8/c1-2-31-15-9-5-13(6-10-15)19(26)17-18(12-3-7-14(8-4-12)23(29)30)22(11-16(24)25)21(28)20(17)27/h3-10,18,26H,2,11H2,1H3,(H,24,25)/b19-17+. The van der Waals surface area contributed by atoms with Crippen LogP contribution >= 0.6 is 0 Å². The van der Waals surface area contributed by atoms with Gasteiger partial charge >= 0.3 is 5.97 Å². The Hall–Kier alpha value is -4.21. The maximum absolute atomic E-state index is 12.7. The molecular formula is C21H18N2O8. The topological polar surface area (TPSA) is 147 Å². The van der Waals surface area contributed by atoms with E-state index >= 15 is 0 Å². The van der Waals surface area contributed by atoms with E-state index in [0.717, 1.165) is 4.90 Å². The van der Waals surface area contributed by atoms with Crippen molar-refractivity contribution in [3.8, 4) is 5.75 Å². The van der Waals surface area contributed by atoms with Crippen molar-refractivity contribution < 1.29 is 34.3 Å². The van der Waals surface area contributed by atoms with Crippen LogP contribution in [-0.4, -0.2) is 50.8 Å². The van der Waals surface area contributed by atoms with E-state index in [1.165, 1.54) is 36.4 Å². The average molecular weight is 426 g/mol. The summed E-state index contributed by atoms with van der Waals surface area (Å²) in [5, 5.41) is 31.0. The number of hydrogen-bond donors (Lipinski definition) is 2. The molecule has 31 heavy (non-hydrogen) atoms. The summed E-state index contributed by atoms with van der Waals surface area (Å²) in [7, 11) is 0. The lowest BCUT2D eigenvalue weighted by Crippen LogP contribution is -2.34. The van der Waals surface area contributed by atoms with Gasteiger partial charge < -0.3 is 19.8 Å². The van der Waals surface area contributed by atoms with Crippen molar-refractivity contribution >= 4 is 29.1 Å². The molecule has 10 nitrogen and oxygen atoms in total. The van der Waals surface area contributed by atoms with Crippen LogP contribution in [0.4, 0.5) is 5.69 Å². The second-order valence-corrected chi connectivity index (χ2v) is 6.63. The van der Waals surface area contributed by atoms with Gasteiger partial charge in [-0.25, -0.2) is 0 Å². The van der Waals surface area contributed by atoms with Crippen LogP contribution < -0.4 is 4.74 Å². The van der Waals surface area contributed by atoms with E-state index in [1.54, 1.807) is 12.1 Å². The van der Waals surface area contributed by atoms with Crippen molar-refractivity contribution in [2.45, 2.75) is 13.0 Å². The zero-order chi connectivity index (χ0) is 22.7. The minimum absolute atomic E-state index is 0.217. The number of carboxylic acid groups (broad SMARTS) is 1. The number of hydrogen-bond acceptors (Lipinski definition) is 7. The van der Waals surface area contributed by atoms with Gasteiger partial charge in [0.15, 0.2) is 0 Å². The summed E-state index contributed by atoms with van der Waals surface area (Å²) in [6.07, 6.45) is 0. The number of Topliss-reactive ketones (excluding diaryl/α,β-unsaturated/α-hetero) is 1. The lowest BCUT2D eigenvalue weighted by atomic mass is 9.95. The molecule has 1 atom stereocenters. The van der Waals surface area contributed by atoms with E-state index in [-0.39, 0.29) is 22.4 Å². The van der Waals surface area contributed by atoms with Crippen molar-refractivity contribution in [2.75, 3.05) is 13.2 Å². The van der Waals surface area contributed by atoms with E-state index in [0.29, 0.717) is 12.4 Å². The van der Waals surface area contributed by atoms with Gasteiger partial charge in [0.2, 0.25) is 0 Å². The fourth-order valence-corrected chi connectivity index (χ4v) is 3.34. The smallest absolute Gasteiger partial charge is 0.323 e. The molecule has 10 heteroatoms.